The highest BCUT2D eigenvalue weighted by atomic mass is 16.5. The number of ketones is 1. The number of fused-ring (bicyclic) bond motifs is 2. The molecule has 0 bridgehead atoms. The van der Waals surface area contributed by atoms with E-state index >= 15 is 0 Å². The van der Waals surface area contributed by atoms with Gasteiger partial charge in [-0.05, 0) is 36.4 Å². The molecule has 142 valence electrons. The van der Waals surface area contributed by atoms with Gasteiger partial charge in [0.25, 0.3) is 0 Å². The molecule has 6 heteroatoms. The number of allylic oxidation sites excluding steroid dienone is 1. The van der Waals surface area contributed by atoms with E-state index in [1.54, 1.807) is 24.3 Å². The van der Waals surface area contributed by atoms with Gasteiger partial charge in [-0.15, -0.1) is 0 Å². The van der Waals surface area contributed by atoms with Crippen LogP contribution in [-0.4, -0.2) is 16.3 Å². The van der Waals surface area contributed by atoms with E-state index in [2.05, 4.69) is 0 Å². The van der Waals surface area contributed by atoms with E-state index in [1.807, 2.05) is 42.1 Å². The van der Waals surface area contributed by atoms with E-state index in [-0.39, 0.29) is 23.1 Å². The number of esters is 1. The van der Waals surface area contributed by atoms with Crippen molar-refractivity contribution in [2.45, 2.75) is 0 Å². The van der Waals surface area contributed by atoms with Crippen LogP contribution in [0.15, 0.2) is 77.2 Å². The minimum absolute atomic E-state index is 0.0963. The molecule has 0 N–H and O–H groups in total. The SMILES string of the molecule is Cn1cc(C=C2Oc3cc(OC(=O)c4ccco4)ccc3C2=O)c2ccccc21. The Hall–Kier alpha value is -4.06. The van der Waals surface area contributed by atoms with Gasteiger partial charge >= 0.3 is 5.97 Å². The maximum absolute atomic E-state index is 12.7. The number of hydrogen-bond donors (Lipinski definition) is 0. The fraction of sp³-hybridized carbons (Fsp3) is 0.0435. The Morgan fingerprint density at radius 3 is 2.79 bits per heavy atom. The van der Waals surface area contributed by atoms with Crippen molar-refractivity contribution >= 4 is 28.7 Å². The van der Waals surface area contributed by atoms with Gasteiger partial charge in [-0.2, -0.15) is 0 Å². The smallest absolute Gasteiger partial charge is 0.379 e. The summed E-state index contributed by atoms with van der Waals surface area (Å²) in [6.45, 7) is 0. The second-order valence-electron chi connectivity index (χ2n) is 6.68. The van der Waals surface area contributed by atoms with Crippen LogP contribution in [-0.2, 0) is 7.05 Å². The molecule has 29 heavy (non-hydrogen) atoms. The summed E-state index contributed by atoms with van der Waals surface area (Å²) >= 11 is 0. The standard InChI is InChI=1S/C23H15NO5/c1-24-13-14(16-5-2-3-6-18(16)24)11-21-22(25)17-9-8-15(12-20(17)29-21)28-23(26)19-7-4-10-27-19/h2-13H,1H3. The van der Waals surface area contributed by atoms with E-state index in [0.29, 0.717) is 11.3 Å². The first-order valence-electron chi connectivity index (χ1n) is 8.98. The third-order valence-electron chi connectivity index (χ3n) is 4.79. The Balaban J connectivity index is 1.44. The summed E-state index contributed by atoms with van der Waals surface area (Å²) in [4.78, 5) is 24.8. The zero-order valence-corrected chi connectivity index (χ0v) is 15.4. The van der Waals surface area contributed by atoms with E-state index in [9.17, 15) is 9.59 Å². The van der Waals surface area contributed by atoms with Gasteiger partial charge in [0.15, 0.2) is 5.76 Å². The molecule has 0 radical (unpaired) electrons. The van der Waals surface area contributed by atoms with Gasteiger partial charge in [-0.25, -0.2) is 4.79 Å². The average molecular weight is 385 g/mol. The molecule has 5 rings (SSSR count). The predicted molar refractivity (Wildman–Crippen MR) is 106 cm³/mol. The lowest BCUT2D eigenvalue weighted by molar-refractivity contribution is 0.0701. The molecule has 2 aromatic carbocycles. The number of para-hydroxylation sites is 1. The Morgan fingerprint density at radius 2 is 1.97 bits per heavy atom. The van der Waals surface area contributed by atoms with Crippen molar-refractivity contribution in [3.05, 3.63) is 89.7 Å². The zero-order valence-electron chi connectivity index (χ0n) is 15.4. The number of ether oxygens (including phenoxy) is 2. The van der Waals surface area contributed by atoms with Crippen LogP contribution in [0.2, 0.25) is 0 Å². The van der Waals surface area contributed by atoms with Crippen LogP contribution < -0.4 is 9.47 Å². The fourth-order valence-electron chi connectivity index (χ4n) is 3.41. The Morgan fingerprint density at radius 1 is 1.10 bits per heavy atom. The van der Waals surface area contributed by atoms with E-state index in [0.717, 1.165) is 16.5 Å². The van der Waals surface area contributed by atoms with Gasteiger partial charge in [-0.3, -0.25) is 4.79 Å². The van der Waals surface area contributed by atoms with Crippen molar-refractivity contribution in [2.24, 2.45) is 7.05 Å². The minimum Gasteiger partial charge on any atom is -0.457 e. The normalized spacial score (nSPS) is 14.2. The van der Waals surface area contributed by atoms with Crippen molar-refractivity contribution in [1.82, 2.24) is 4.57 Å². The first-order chi connectivity index (χ1) is 14.1. The van der Waals surface area contributed by atoms with Gasteiger partial charge in [0.1, 0.15) is 11.5 Å². The van der Waals surface area contributed by atoms with Crippen LogP contribution >= 0.6 is 0 Å². The summed E-state index contributed by atoms with van der Waals surface area (Å²) < 4.78 is 18.1. The highest BCUT2D eigenvalue weighted by molar-refractivity contribution is 6.15. The molecule has 0 atom stereocenters. The second-order valence-corrected chi connectivity index (χ2v) is 6.68. The van der Waals surface area contributed by atoms with Gasteiger partial charge in [0.05, 0.1) is 11.8 Å². The molecule has 6 nitrogen and oxygen atoms in total. The summed E-state index contributed by atoms with van der Waals surface area (Å²) in [6.07, 6.45) is 5.08. The number of furan rings is 1. The number of aryl methyl sites for hydroxylation is 1. The summed E-state index contributed by atoms with van der Waals surface area (Å²) in [5, 5.41) is 1.03. The van der Waals surface area contributed by atoms with Gasteiger partial charge in [-0.1, -0.05) is 18.2 Å². The number of carbonyl (C=O) groups is 2. The lowest BCUT2D eigenvalue weighted by Gasteiger charge is -2.04. The molecule has 0 fully saturated rings. The molecular formula is C23H15NO5. The quantitative estimate of drug-likeness (QED) is 0.293. The summed E-state index contributed by atoms with van der Waals surface area (Å²) in [6, 6.07) is 15.7. The second kappa shape index (κ2) is 6.53. The van der Waals surface area contributed by atoms with Gasteiger partial charge in [0.2, 0.25) is 11.5 Å². The Kier molecular flexibility index (Phi) is 3.84. The number of hydrogen-bond acceptors (Lipinski definition) is 5. The number of rotatable bonds is 3. The molecule has 0 aliphatic carbocycles. The molecular weight excluding hydrogens is 370 g/mol. The van der Waals surface area contributed by atoms with Crippen LogP contribution in [0, 0.1) is 0 Å². The molecule has 0 amide bonds. The third kappa shape index (κ3) is 2.91. The number of aromatic nitrogens is 1. The van der Waals surface area contributed by atoms with Crippen LogP contribution in [0.1, 0.15) is 26.5 Å². The number of carbonyl (C=O) groups excluding carboxylic acids is 2. The molecule has 0 saturated heterocycles. The molecule has 4 aromatic rings. The summed E-state index contributed by atoms with van der Waals surface area (Å²) in [5.41, 5.74) is 2.38. The van der Waals surface area contributed by atoms with Gasteiger partial charge in [0, 0.05) is 35.8 Å². The van der Waals surface area contributed by atoms with E-state index in [1.165, 1.54) is 18.4 Å². The first-order valence-corrected chi connectivity index (χ1v) is 8.98. The van der Waals surface area contributed by atoms with Crippen LogP contribution in [0.4, 0.5) is 0 Å². The predicted octanol–water partition coefficient (Wildman–Crippen LogP) is 4.61. The average Bonchev–Trinajstić information content (AvgIpc) is 3.43. The monoisotopic (exact) mass is 385 g/mol. The summed E-state index contributed by atoms with van der Waals surface area (Å²) in [5.74, 6) is 0.114. The largest absolute Gasteiger partial charge is 0.457 e. The highest BCUT2D eigenvalue weighted by Gasteiger charge is 2.28. The number of benzene rings is 2. The van der Waals surface area contributed by atoms with Crippen molar-refractivity contribution in [3.8, 4) is 11.5 Å². The molecule has 1 aliphatic rings. The van der Waals surface area contributed by atoms with Crippen molar-refractivity contribution in [3.63, 3.8) is 0 Å². The highest BCUT2D eigenvalue weighted by Crippen LogP contribution is 2.36. The lowest BCUT2D eigenvalue weighted by atomic mass is 10.1. The van der Waals surface area contributed by atoms with Crippen molar-refractivity contribution in [1.29, 1.82) is 0 Å². The molecule has 1 aliphatic heterocycles. The van der Waals surface area contributed by atoms with Gasteiger partial charge < -0.3 is 18.5 Å². The topological polar surface area (TPSA) is 70.7 Å². The van der Waals surface area contributed by atoms with Crippen LogP contribution in [0.3, 0.4) is 0 Å². The van der Waals surface area contributed by atoms with E-state index < -0.39 is 5.97 Å². The Bertz CT molecular complexity index is 1290. The number of nitrogens with zero attached hydrogens (tertiary/aromatic N) is 1. The Labute approximate surface area is 165 Å². The summed E-state index contributed by atoms with van der Waals surface area (Å²) in [7, 11) is 1.95. The molecule has 0 spiro atoms. The maximum atomic E-state index is 12.7. The minimum atomic E-state index is -0.620. The van der Waals surface area contributed by atoms with Crippen LogP contribution in [0.25, 0.3) is 17.0 Å². The first kappa shape index (κ1) is 17.1. The molecule has 0 saturated carbocycles. The fourth-order valence-corrected chi connectivity index (χ4v) is 3.41. The van der Waals surface area contributed by atoms with E-state index in [4.69, 9.17) is 13.9 Å². The molecule has 2 aromatic heterocycles. The van der Waals surface area contributed by atoms with Crippen molar-refractivity contribution in [2.75, 3.05) is 0 Å². The third-order valence-corrected chi connectivity index (χ3v) is 4.79. The lowest BCUT2D eigenvalue weighted by Crippen LogP contribution is -2.07. The van der Waals surface area contributed by atoms with Crippen molar-refractivity contribution < 1.29 is 23.5 Å². The maximum Gasteiger partial charge on any atom is 0.379 e. The van der Waals surface area contributed by atoms with Crippen LogP contribution in [0.5, 0.6) is 11.5 Å². The molecule has 3 heterocycles. The zero-order chi connectivity index (χ0) is 20.0. The number of Topliss-reactive ketones (excluding diaryl/α,β-unsaturated/α-hetero) is 1. The molecule has 0 unspecified atom stereocenters.